The molecule has 7 atom stereocenters. The highest BCUT2D eigenvalue weighted by Crippen LogP contribution is 2.65. The van der Waals surface area contributed by atoms with Crippen molar-refractivity contribution < 1.29 is 9.90 Å². The molecule has 1 N–H and O–H groups in total. The van der Waals surface area contributed by atoms with Gasteiger partial charge in [-0.05, 0) is 86.9 Å². The first-order chi connectivity index (χ1) is 12.9. The summed E-state index contributed by atoms with van der Waals surface area (Å²) in [5, 5.41) is 10.2. The molecule has 0 unspecified atom stereocenters. The zero-order chi connectivity index (χ0) is 18.8. The number of carbonyl (C=O) groups is 1. The topological polar surface area (TPSA) is 37.3 Å². The van der Waals surface area contributed by atoms with Crippen molar-refractivity contribution in [1.29, 1.82) is 0 Å². The average Bonchev–Trinajstić information content (AvgIpc) is 2.94. The Hall–Kier alpha value is -0.630. The standard InChI is InChI=1S/C25H38O2/c1-24-12-10-18(26)14-17(24)8-9-19-21(24)11-13-25(2)22(19)15-20(23(25)27)16-6-4-3-5-7-16/h8,16,18-22,26H,3-7,9-15H2,1-2H3/t18-,19+,20-,21-,22-,24-,25-/m0/s1. The van der Waals surface area contributed by atoms with Gasteiger partial charge in [-0.1, -0.05) is 44.8 Å². The summed E-state index contributed by atoms with van der Waals surface area (Å²) in [6.45, 7) is 4.82. The number of Topliss-reactive ketones (excluding diaryl/α,β-unsaturated/α-hetero) is 1. The van der Waals surface area contributed by atoms with Crippen molar-refractivity contribution in [3.63, 3.8) is 0 Å². The Morgan fingerprint density at radius 3 is 2.48 bits per heavy atom. The summed E-state index contributed by atoms with van der Waals surface area (Å²) in [4.78, 5) is 13.6. The second kappa shape index (κ2) is 6.44. The van der Waals surface area contributed by atoms with Crippen LogP contribution in [0.25, 0.3) is 0 Å². The quantitative estimate of drug-likeness (QED) is 0.602. The maximum atomic E-state index is 13.6. The number of rotatable bonds is 1. The second-order valence-corrected chi connectivity index (χ2v) is 11.2. The van der Waals surface area contributed by atoms with Crippen LogP contribution in [-0.2, 0) is 4.79 Å². The lowest BCUT2D eigenvalue weighted by atomic mass is 9.48. The SMILES string of the molecule is C[C@]12CC[C@H](O)CC1=CC[C@@H]1[C@@H]2CC[C@]2(C)C(=O)[C@H](C3CCCCC3)C[C@@H]12. The van der Waals surface area contributed by atoms with Gasteiger partial charge < -0.3 is 5.11 Å². The maximum Gasteiger partial charge on any atom is 0.142 e. The van der Waals surface area contributed by atoms with Gasteiger partial charge in [-0.25, -0.2) is 0 Å². The van der Waals surface area contributed by atoms with Gasteiger partial charge in [0, 0.05) is 11.3 Å². The van der Waals surface area contributed by atoms with E-state index in [4.69, 9.17) is 0 Å². The Balaban J connectivity index is 1.43. The van der Waals surface area contributed by atoms with Gasteiger partial charge in [0.2, 0.25) is 0 Å². The Morgan fingerprint density at radius 1 is 0.963 bits per heavy atom. The number of allylic oxidation sites excluding steroid dienone is 1. The second-order valence-electron chi connectivity index (χ2n) is 11.2. The van der Waals surface area contributed by atoms with Crippen LogP contribution in [0.4, 0.5) is 0 Å². The van der Waals surface area contributed by atoms with Crippen molar-refractivity contribution >= 4 is 5.78 Å². The molecule has 0 spiro atoms. The number of hydrogen-bond donors (Lipinski definition) is 1. The molecular formula is C25H38O2. The predicted octanol–water partition coefficient (Wildman–Crippen LogP) is 5.69. The zero-order valence-electron chi connectivity index (χ0n) is 17.4. The van der Waals surface area contributed by atoms with Crippen LogP contribution in [0.2, 0.25) is 0 Å². The van der Waals surface area contributed by atoms with Gasteiger partial charge in [0.05, 0.1) is 6.10 Å². The third-order valence-corrected chi connectivity index (χ3v) is 10.1. The fourth-order valence-corrected chi connectivity index (χ4v) is 8.45. The molecule has 0 aliphatic heterocycles. The summed E-state index contributed by atoms with van der Waals surface area (Å²) in [5.41, 5.74) is 1.79. The van der Waals surface area contributed by atoms with Crippen LogP contribution >= 0.6 is 0 Å². The molecule has 4 saturated carbocycles. The van der Waals surface area contributed by atoms with Crippen LogP contribution in [0, 0.1) is 40.4 Å². The Labute approximate surface area is 165 Å². The molecule has 4 fully saturated rings. The van der Waals surface area contributed by atoms with E-state index in [0.717, 1.165) is 38.0 Å². The third-order valence-electron chi connectivity index (χ3n) is 10.1. The molecule has 0 aromatic heterocycles. The van der Waals surface area contributed by atoms with Crippen molar-refractivity contribution in [2.24, 2.45) is 40.4 Å². The summed E-state index contributed by atoms with van der Waals surface area (Å²) in [6.07, 6.45) is 16.7. The van der Waals surface area contributed by atoms with Crippen LogP contribution in [0.15, 0.2) is 11.6 Å². The monoisotopic (exact) mass is 370 g/mol. The van der Waals surface area contributed by atoms with E-state index in [9.17, 15) is 9.90 Å². The summed E-state index contributed by atoms with van der Waals surface area (Å²) in [6, 6.07) is 0. The molecule has 0 saturated heterocycles. The summed E-state index contributed by atoms with van der Waals surface area (Å²) in [7, 11) is 0. The van der Waals surface area contributed by atoms with Gasteiger partial charge >= 0.3 is 0 Å². The summed E-state index contributed by atoms with van der Waals surface area (Å²) < 4.78 is 0. The van der Waals surface area contributed by atoms with E-state index in [2.05, 4.69) is 19.9 Å². The molecule has 5 aliphatic rings. The molecular weight excluding hydrogens is 332 g/mol. The van der Waals surface area contributed by atoms with E-state index in [1.807, 2.05) is 0 Å². The summed E-state index contributed by atoms with van der Waals surface area (Å²) >= 11 is 0. The lowest BCUT2D eigenvalue weighted by Gasteiger charge is -2.56. The first-order valence-electron chi connectivity index (χ1n) is 11.9. The number of hydrogen-bond acceptors (Lipinski definition) is 2. The Kier molecular flexibility index (Phi) is 4.39. The first kappa shape index (κ1) is 18.4. The number of aliphatic hydroxyl groups excluding tert-OH is 1. The predicted molar refractivity (Wildman–Crippen MR) is 108 cm³/mol. The normalized spacial score (nSPS) is 50.6. The number of aliphatic hydroxyl groups is 1. The molecule has 27 heavy (non-hydrogen) atoms. The maximum absolute atomic E-state index is 13.6. The van der Waals surface area contributed by atoms with Crippen molar-refractivity contribution in [3.8, 4) is 0 Å². The highest BCUT2D eigenvalue weighted by Gasteiger charge is 2.61. The first-order valence-corrected chi connectivity index (χ1v) is 11.9. The van der Waals surface area contributed by atoms with Gasteiger partial charge in [0.15, 0.2) is 0 Å². The van der Waals surface area contributed by atoms with Gasteiger partial charge in [-0.2, -0.15) is 0 Å². The number of ketones is 1. The van der Waals surface area contributed by atoms with Crippen LogP contribution in [0.3, 0.4) is 0 Å². The molecule has 5 aliphatic carbocycles. The van der Waals surface area contributed by atoms with Crippen LogP contribution in [0.5, 0.6) is 0 Å². The van der Waals surface area contributed by atoms with Gasteiger partial charge in [-0.3, -0.25) is 4.79 Å². The van der Waals surface area contributed by atoms with E-state index in [0.29, 0.717) is 29.5 Å². The molecule has 0 aromatic carbocycles. The third kappa shape index (κ3) is 2.65. The van der Waals surface area contributed by atoms with Crippen LogP contribution in [0.1, 0.15) is 90.9 Å². The summed E-state index contributed by atoms with van der Waals surface area (Å²) in [5.74, 6) is 3.74. The highest BCUT2D eigenvalue weighted by atomic mass is 16.3. The van der Waals surface area contributed by atoms with Crippen LogP contribution < -0.4 is 0 Å². The van der Waals surface area contributed by atoms with E-state index < -0.39 is 0 Å². The van der Waals surface area contributed by atoms with E-state index in [-0.39, 0.29) is 16.9 Å². The molecule has 5 rings (SSSR count). The van der Waals surface area contributed by atoms with Gasteiger partial charge in [-0.15, -0.1) is 0 Å². The minimum atomic E-state index is -0.126. The molecule has 0 heterocycles. The van der Waals surface area contributed by atoms with Gasteiger partial charge in [0.1, 0.15) is 5.78 Å². The fourth-order valence-electron chi connectivity index (χ4n) is 8.45. The van der Waals surface area contributed by atoms with Crippen molar-refractivity contribution in [2.45, 2.75) is 97.0 Å². The molecule has 150 valence electrons. The van der Waals surface area contributed by atoms with Crippen molar-refractivity contribution in [2.75, 3.05) is 0 Å². The lowest BCUT2D eigenvalue weighted by molar-refractivity contribution is -0.135. The fraction of sp³-hybridized carbons (Fsp3) is 0.880. The van der Waals surface area contributed by atoms with E-state index >= 15 is 0 Å². The highest BCUT2D eigenvalue weighted by molar-refractivity contribution is 5.89. The number of fused-ring (bicyclic) bond motifs is 5. The molecule has 2 heteroatoms. The largest absolute Gasteiger partial charge is 0.393 e. The number of carbonyl (C=O) groups excluding carboxylic acids is 1. The van der Waals surface area contributed by atoms with E-state index in [1.165, 1.54) is 44.9 Å². The zero-order valence-corrected chi connectivity index (χ0v) is 17.4. The van der Waals surface area contributed by atoms with Crippen molar-refractivity contribution in [3.05, 3.63) is 11.6 Å². The molecule has 0 aromatic rings. The molecule has 0 amide bonds. The molecule has 0 radical (unpaired) electrons. The van der Waals surface area contributed by atoms with Crippen LogP contribution in [-0.4, -0.2) is 17.0 Å². The van der Waals surface area contributed by atoms with Crippen molar-refractivity contribution in [1.82, 2.24) is 0 Å². The van der Waals surface area contributed by atoms with Gasteiger partial charge in [0.25, 0.3) is 0 Å². The smallest absolute Gasteiger partial charge is 0.142 e. The minimum Gasteiger partial charge on any atom is -0.393 e. The Morgan fingerprint density at radius 2 is 1.70 bits per heavy atom. The molecule has 0 bridgehead atoms. The lowest BCUT2D eigenvalue weighted by Crippen LogP contribution is -2.50. The molecule has 2 nitrogen and oxygen atoms in total. The Bertz CT molecular complexity index is 645. The average molecular weight is 371 g/mol. The minimum absolute atomic E-state index is 0.0425. The van der Waals surface area contributed by atoms with E-state index in [1.54, 1.807) is 5.57 Å².